The van der Waals surface area contributed by atoms with Gasteiger partial charge in [0.2, 0.25) is 5.91 Å². The van der Waals surface area contributed by atoms with E-state index in [0.717, 1.165) is 32.4 Å². The molecule has 1 heterocycles. The summed E-state index contributed by atoms with van der Waals surface area (Å²) in [6, 6.07) is 0. The van der Waals surface area contributed by atoms with Crippen LogP contribution < -0.4 is 0 Å². The van der Waals surface area contributed by atoms with Crippen molar-refractivity contribution in [3.8, 4) is 0 Å². The van der Waals surface area contributed by atoms with Crippen molar-refractivity contribution in [2.45, 2.75) is 42.5 Å². The van der Waals surface area contributed by atoms with Crippen LogP contribution in [-0.2, 0) is 9.53 Å². The molecule has 2 fully saturated rings. The lowest BCUT2D eigenvalue weighted by Crippen LogP contribution is -2.44. The highest BCUT2D eigenvalue weighted by Crippen LogP contribution is 2.38. The molecule has 1 saturated heterocycles. The Morgan fingerprint density at radius 3 is 2.73 bits per heavy atom. The maximum atomic E-state index is 12.0. The molecule has 1 unspecified atom stereocenters. The Morgan fingerprint density at radius 2 is 2.33 bits per heavy atom. The van der Waals surface area contributed by atoms with Gasteiger partial charge in [-0.25, -0.2) is 0 Å². The van der Waals surface area contributed by atoms with Gasteiger partial charge in [-0.1, -0.05) is 15.9 Å². The monoisotopic (exact) mass is 275 g/mol. The summed E-state index contributed by atoms with van der Waals surface area (Å²) in [7, 11) is 1.73. The van der Waals surface area contributed by atoms with Gasteiger partial charge in [0.1, 0.15) is 0 Å². The Labute approximate surface area is 99.3 Å². The molecule has 1 amide bonds. The van der Waals surface area contributed by atoms with Crippen LogP contribution in [0.2, 0.25) is 0 Å². The fourth-order valence-electron chi connectivity index (χ4n) is 2.36. The fraction of sp³-hybridized carbons (Fsp3) is 0.909. The quantitative estimate of drug-likeness (QED) is 0.737. The highest BCUT2D eigenvalue weighted by atomic mass is 79.9. The molecular weight excluding hydrogens is 258 g/mol. The molecule has 86 valence electrons. The lowest BCUT2D eigenvalue weighted by atomic mass is 9.77. The minimum atomic E-state index is -0.124. The van der Waals surface area contributed by atoms with E-state index in [1.807, 2.05) is 4.90 Å². The van der Waals surface area contributed by atoms with Crippen LogP contribution in [-0.4, -0.2) is 41.4 Å². The molecule has 2 rings (SSSR count). The number of nitrogens with zero attached hydrogens (tertiary/aromatic N) is 1. The van der Waals surface area contributed by atoms with Gasteiger partial charge in [0, 0.05) is 25.0 Å². The van der Waals surface area contributed by atoms with Crippen molar-refractivity contribution in [2.24, 2.45) is 0 Å². The van der Waals surface area contributed by atoms with E-state index in [1.165, 1.54) is 6.42 Å². The van der Waals surface area contributed by atoms with Crippen molar-refractivity contribution in [3.63, 3.8) is 0 Å². The Kier molecular flexibility index (Phi) is 3.36. The van der Waals surface area contributed by atoms with Crippen LogP contribution in [0.5, 0.6) is 0 Å². The number of rotatable bonds is 3. The first-order valence-electron chi connectivity index (χ1n) is 5.62. The molecule has 0 aromatic carbocycles. The van der Waals surface area contributed by atoms with E-state index in [4.69, 9.17) is 4.74 Å². The molecule has 0 aromatic heterocycles. The van der Waals surface area contributed by atoms with Gasteiger partial charge >= 0.3 is 0 Å². The Hall–Kier alpha value is -0.0900. The van der Waals surface area contributed by atoms with Crippen LogP contribution in [0, 0.1) is 0 Å². The number of likely N-dealkylation sites (tertiary alicyclic amines) is 1. The second kappa shape index (κ2) is 4.42. The van der Waals surface area contributed by atoms with Gasteiger partial charge in [-0.05, 0) is 25.7 Å². The lowest BCUT2D eigenvalue weighted by molar-refractivity contribution is -0.143. The maximum absolute atomic E-state index is 12.0. The molecule has 0 N–H and O–H groups in total. The number of methoxy groups -OCH3 is 1. The predicted octanol–water partition coefficient (Wildman–Crippen LogP) is 1.94. The average Bonchev–Trinajstić information content (AvgIpc) is 2.58. The van der Waals surface area contributed by atoms with Crippen molar-refractivity contribution in [3.05, 3.63) is 0 Å². The Bertz CT molecular complexity index is 247. The molecular formula is C11H18BrNO2. The molecule has 1 aliphatic heterocycles. The number of ether oxygens (including phenoxy) is 1. The Morgan fingerprint density at radius 1 is 1.60 bits per heavy atom. The average molecular weight is 276 g/mol. The number of hydrogen-bond acceptors (Lipinski definition) is 2. The van der Waals surface area contributed by atoms with E-state index in [-0.39, 0.29) is 11.5 Å². The van der Waals surface area contributed by atoms with Crippen LogP contribution in [0.15, 0.2) is 0 Å². The van der Waals surface area contributed by atoms with Crippen LogP contribution in [0.1, 0.15) is 32.1 Å². The third-order valence-electron chi connectivity index (χ3n) is 3.65. The smallest absolute Gasteiger partial charge is 0.225 e. The number of amides is 1. The highest BCUT2D eigenvalue weighted by molar-refractivity contribution is 9.09. The van der Waals surface area contributed by atoms with Crippen molar-refractivity contribution < 1.29 is 9.53 Å². The first kappa shape index (κ1) is 11.4. The van der Waals surface area contributed by atoms with Gasteiger partial charge in [0.25, 0.3) is 0 Å². The van der Waals surface area contributed by atoms with Crippen molar-refractivity contribution in [2.75, 3.05) is 20.2 Å². The van der Waals surface area contributed by atoms with Gasteiger partial charge in [-0.2, -0.15) is 0 Å². The summed E-state index contributed by atoms with van der Waals surface area (Å²) >= 11 is 3.55. The summed E-state index contributed by atoms with van der Waals surface area (Å²) in [4.78, 5) is 14.4. The van der Waals surface area contributed by atoms with Crippen molar-refractivity contribution in [1.82, 2.24) is 4.90 Å². The summed E-state index contributed by atoms with van der Waals surface area (Å²) in [5, 5.41) is 0. The summed E-state index contributed by atoms with van der Waals surface area (Å²) < 4.78 is 5.47. The van der Waals surface area contributed by atoms with Gasteiger partial charge in [-0.15, -0.1) is 0 Å². The highest BCUT2D eigenvalue weighted by Gasteiger charge is 2.40. The van der Waals surface area contributed by atoms with Crippen LogP contribution in [0.3, 0.4) is 0 Å². The molecule has 0 spiro atoms. The predicted molar refractivity (Wildman–Crippen MR) is 62.1 cm³/mol. The summed E-state index contributed by atoms with van der Waals surface area (Å²) in [5.74, 6) is 0.263. The molecule has 1 saturated carbocycles. The molecule has 0 bridgehead atoms. The fourth-order valence-corrected chi connectivity index (χ4v) is 2.91. The maximum Gasteiger partial charge on any atom is 0.225 e. The van der Waals surface area contributed by atoms with Crippen LogP contribution >= 0.6 is 15.9 Å². The van der Waals surface area contributed by atoms with Gasteiger partial charge in [0.05, 0.1) is 12.0 Å². The normalized spacial score (nSPS) is 28.9. The van der Waals surface area contributed by atoms with E-state index in [9.17, 15) is 4.79 Å². The minimum absolute atomic E-state index is 0.124. The summed E-state index contributed by atoms with van der Waals surface area (Å²) in [6.07, 6.45) is 4.93. The van der Waals surface area contributed by atoms with E-state index in [1.54, 1.807) is 7.11 Å². The molecule has 0 radical (unpaired) electrons. The third-order valence-corrected chi connectivity index (χ3v) is 4.40. The zero-order chi connectivity index (χ0) is 10.9. The van der Waals surface area contributed by atoms with Crippen LogP contribution in [0.4, 0.5) is 0 Å². The van der Waals surface area contributed by atoms with Crippen molar-refractivity contribution in [1.29, 1.82) is 0 Å². The standard InChI is InChI=1S/C11H18BrNO2/c1-15-11(4-2-5-11)7-10(14)13-6-3-9(12)8-13/h9H,2-8H2,1H3. The second-order valence-corrected chi connectivity index (χ2v) is 5.94. The number of hydrogen-bond donors (Lipinski definition) is 0. The molecule has 3 nitrogen and oxygen atoms in total. The van der Waals surface area contributed by atoms with Gasteiger partial charge in [0.15, 0.2) is 0 Å². The first-order chi connectivity index (χ1) is 7.15. The SMILES string of the molecule is COC1(CC(=O)N2CCC(Br)C2)CCC1. The minimum Gasteiger partial charge on any atom is -0.378 e. The topological polar surface area (TPSA) is 29.5 Å². The largest absolute Gasteiger partial charge is 0.378 e. The van der Waals surface area contributed by atoms with Gasteiger partial charge < -0.3 is 9.64 Å². The van der Waals surface area contributed by atoms with Crippen LogP contribution in [0.25, 0.3) is 0 Å². The molecule has 15 heavy (non-hydrogen) atoms. The number of carbonyl (C=O) groups excluding carboxylic acids is 1. The van der Waals surface area contributed by atoms with Gasteiger partial charge in [-0.3, -0.25) is 4.79 Å². The van der Waals surface area contributed by atoms with E-state index >= 15 is 0 Å². The zero-order valence-corrected chi connectivity index (χ0v) is 10.8. The van der Waals surface area contributed by atoms with E-state index in [0.29, 0.717) is 11.2 Å². The molecule has 2 aliphatic rings. The number of halogens is 1. The number of alkyl halides is 1. The number of carbonyl (C=O) groups is 1. The molecule has 4 heteroatoms. The molecule has 1 aliphatic carbocycles. The molecule has 1 atom stereocenters. The first-order valence-corrected chi connectivity index (χ1v) is 6.54. The van der Waals surface area contributed by atoms with E-state index < -0.39 is 0 Å². The van der Waals surface area contributed by atoms with Crippen molar-refractivity contribution >= 4 is 21.8 Å². The summed E-state index contributed by atoms with van der Waals surface area (Å²) in [6.45, 7) is 1.76. The Balaban J connectivity index is 1.86. The summed E-state index contributed by atoms with van der Waals surface area (Å²) in [5.41, 5.74) is -0.124. The zero-order valence-electron chi connectivity index (χ0n) is 9.17. The van der Waals surface area contributed by atoms with E-state index in [2.05, 4.69) is 15.9 Å². The lowest BCUT2D eigenvalue weighted by Gasteiger charge is -2.40. The second-order valence-electron chi connectivity index (χ2n) is 4.64. The molecule has 0 aromatic rings. The third kappa shape index (κ3) is 2.36.